The molecule has 7 nitrogen and oxygen atoms in total. The average Bonchev–Trinajstić information content (AvgIpc) is 2.96. The van der Waals surface area contributed by atoms with Crippen molar-refractivity contribution in [2.24, 2.45) is 5.73 Å². The molecule has 1 aliphatic rings. The molecule has 0 aliphatic carbocycles. The zero-order valence-corrected chi connectivity index (χ0v) is 23.5. The molecule has 41 heavy (non-hydrogen) atoms. The van der Waals surface area contributed by atoms with Crippen molar-refractivity contribution in [2.45, 2.75) is 32.6 Å². The van der Waals surface area contributed by atoms with Crippen LogP contribution < -0.4 is 21.9 Å². The van der Waals surface area contributed by atoms with Crippen molar-refractivity contribution in [3.63, 3.8) is 0 Å². The number of anilines is 1. The molecule has 1 saturated heterocycles. The Balaban J connectivity index is 1.50. The molecule has 1 aliphatic heterocycles. The molecule has 0 saturated carbocycles. The van der Waals surface area contributed by atoms with Crippen LogP contribution in [-0.2, 0) is 19.6 Å². The second-order valence-corrected chi connectivity index (χ2v) is 10.8. The van der Waals surface area contributed by atoms with Crippen LogP contribution >= 0.6 is 11.6 Å². The molecule has 10 heteroatoms. The molecular formula is C31H32ClF2N5O2. The van der Waals surface area contributed by atoms with Crippen LogP contribution in [0.3, 0.4) is 0 Å². The lowest BCUT2D eigenvalue weighted by atomic mass is 10.1. The normalized spacial score (nSPS) is 14.8. The van der Waals surface area contributed by atoms with Crippen molar-refractivity contribution in [1.29, 1.82) is 0 Å². The molecular weight excluding hydrogens is 548 g/mol. The number of benzene rings is 3. The highest BCUT2D eigenvalue weighted by Gasteiger charge is 2.26. The molecule has 0 radical (unpaired) electrons. The first-order valence-electron chi connectivity index (χ1n) is 13.5. The predicted molar refractivity (Wildman–Crippen MR) is 157 cm³/mol. The van der Waals surface area contributed by atoms with Crippen LogP contribution in [0.15, 0.2) is 82.4 Å². The van der Waals surface area contributed by atoms with Gasteiger partial charge in [0.25, 0.3) is 5.56 Å². The molecule has 214 valence electrons. The molecule has 2 heterocycles. The van der Waals surface area contributed by atoms with E-state index in [0.717, 1.165) is 34.4 Å². The van der Waals surface area contributed by atoms with Crippen molar-refractivity contribution in [3.8, 4) is 0 Å². The number of nitrogens with zero attached hydrogens (tertiary/aromatic N) is 4. The Labute approximate surface area is 242 Å². The Morgan fingerprint density at radius 2 is 1.51 bits per heavy atom. The number of rotatable bonds is 8. The number of nitrogens with two attached hydrogens (primary N) is 1. The van der Waals surface area contributed by atoms with E-state index in [2.05, 4.69) is 4.90 Å². The molecule has 2 N–H and O–H groups in total. The van der Waals surface area contributed by atoms with Crippen molar-refractivity contribution in [3.05, 3.63) is 133 Å². The zero-order chi connectivity index (χ0) is 29.1. The lowest BCUT2D eigenvalue weighted by Crippen LogP contribution is -2.51. The van der Waals surface area contributed by atoms with Crippen molar-refractivity contribution < 1.29 is 8.78 Å². The van der Waals surface area contributed by atoms with E-state index < -0.39 is 28.9 Å². The Kier molecular flexibility index (Phi) is 8.68. The van der Waals surface area contributed by atoms with E-state index in [0.29, 0.717) is 42.6 Å². The highest BCUT2D eigenvalue weighted by Crippen LogP contribution is 2.21. The fourth-order valence-corrected chi connectivity index (χ4v) is 5.58. The molecule has 0 bridgehead atoms. The third kappa shape index (κ3) is 6.27. The SMILES string of the molecule is Cc1c(N2CCN(Cc3cccc(Cl)c3)CC2)c(=O)n(CC(N)c2ccccc2)c(=O)n1Cc1c(F)cccc1F. The van der Waals surface area contributed by atoms with Crippen LogP contribution in [0.5, 0.6) is 0 Å². The van der Waals surface area contributed by atoms with Gasteiger partial charge < -0.3 is 10.6 Å². The minimum atomic E-state index is -0.758. The largest absolute Gasteiger partial charge is 0.363 e. The Morgan fingerprint density at radius 1 is 0.854 bits per heavy atom. The second kappa shape index (κ2) is 12.4. The maximum atomic E-state index is 14.6. The van der Waals surface area contributed by atoms with E-state index in [1.807, 2.05) is 59.5 Å². The van der Waals surface area contributed by atoms with E-state index in [4.69, 9.17) is 17.3 Å². The number of hydrogen-bond donors (Lipinski definition) is 1. The van der Waals surface area contributed by atoms with Crippen LogP contribution in [0.1, 0.15) is 28.4 Å². The fraction of sp³-hybridized carbons (Fsp3) is 0.290. The molecule has 0 spiro atoms. The molecule has 3 aromatic carbocycles. The zero-order valence-electron chi connectivity index (χ0n) is 22.8. The van der Waals surface area contributed by atoms with Gasteiger partial charge >= 0.3 is 5.69 Å². The van der Waals surface area contributed by atoms with Gasteiger partial charge in [-0.2, -0.15) is 0 Å². The Hall–Kier alpha value is -3.79. The standard InChI is InChI=1S/C31H32ClF2N5O2/c1-21-29(37-15-13-36(14-16-37)18-22-7-5-10-24(32)17-22)30(40)39(20-28(35)23-8-3-2-4-9-23)31(41)38(21)19-25-26(33)11-6-12-27(25)34/h2-12,17,28H,13-16,18-20,35H2,1H3. The Morgan fingerprint density at radius 3 is 2.17 bits per heavy atom. The van der Waals surface area contributed by atoms with Crippen LogP contribution in [0.25, 0.3) is 0 Å². The van der Waals surface area contributed by atoms with Gasteiger partial charge in [-0.05, 0) is 42.3 Å². The summed E-state index contributed by atoms with van der Waals surface area (Å²) in [6, 6.07) is 19.8. The van der Waals surface area contributed by atoms with Gasteiger partial charge in [0.15, 0.2) is 0 Å². The summed E-state index contributed by atoms with van der Waals surface area (Å²) in [4.78, 5) is 31.8. The summed E-state index contributed by atoms with van der Waals surface area (Å²) in [7, 11) is 0. The highest BCUT2D eigenvalue weighted by atomic mass is 35.5. The summed E-state index contributed by atoms with van der Waals surface area (Å²) in [5.74, 6) is -1.52. The van der Waals surface area contributed by atoms with Gasteiger partial charge in [-0.3, -0.25) is 18.8 Å². The summed E-state index contributed by atoms with van der Waals surface area (Å²) in [6.45, 7) is 4.36. The van der Waals surface area contributed by atoms with Gasteiger partial charge in [-0.25, -0.2) is 13.6 Å². The first-order chi connectivity index (χ1) is 19.7. The third-order valence-corrected chi connectivity index (χ3v) is 7.86. The molecule has 1 fully saturated rings. The van der Waals surface area contributed by atoms with Gasteiger partial charge in [-0.1, -0.05) is 60.1 Å². The van der Waals surface area contributed by atoms with E-state index in [-0.39, 0.29) is 18.7 Å². The van der Waals surface area contributed by atoms with E-state index in [1.165, 1.54) is 10.6 Å². The smallest absolute Gasteiger partial charge is 0.331 e. The topological polar surface area (TPSA) is 76.5 Å². The quantitative estimate of drug-likeness (QED) is 0.336. The number of halogens is 3. The van der Waals surface area contributed by atoms with Gasteiger partial charge in [0, 0.05) is 55.0 Å². The van der Waals surface area contributed by atoms with Gasteiger partial charge in [0.05, 0.1) is 13.1 Å². The van der Waals surface area contributed by atoms with Crippen LogP contribution in [0.4, 0.5) is 14.5 Å². The van der Waals surface area contributed by atoms with Gasteiger partial charge in [0.2, 0.25) is 0 Å². The van der Waals surface area contributed by atoms with Crippen molar-refractivity contribution in [2.75, 3.05) is 31.1 Å². The summed E-state index contributed by atoms with van der Waals surface area (Å²) in [5, 5.41) is 0.680. The molecule has 1 unspecified atom stereocenters. The van der Waals surface area contributed by atoms with E-state index in [9.17, 15) is 18.4 Å². The average molecular weight is 580 g/mol. The van der Waals surface area contributed by atoms with Crippen LogP contribution in [0.2, 0.25) is 5.02 Å². The molecule has 5 rings (SSSR count). The lowest BCUT2D eigenvalue weighted by Gasteiger charge is -2.37. The van der Waals surface area contributed by atoms with Crippen LogP contribution in [0, 0.1) is 18.6 Å². The third-order valence-electron chi connectivity index (χ3n) is 7.63. The summed E-state index contributed by atoms with van der Waals surface area (Å²) >= 11 is 6.15. The number of aromatic nitrogens is 2. The Bertz CT molecular complexity index is 1630. The fourth-order valence-electron chi connectivity index (χ4n) is 5.36. The van der Waals surface area contributed by atoms with Crippen molar-refractivity contribution >= 4 is 17.3 Å². The van der Waals surface area contributed by atoms with Gasteiger partial charge in [0.1, 0.15) is 17.3 Å². The molecule has 4 aromatic rings. The lowest BCUT2D eigenvalue weighted by molar-refractivity contribution is 0.249. The minimum Gasteiger partial charge on any atom is -0.363 e. The predicted octanol–water partition coefficient (Wildman–Crippen LogP) is 4.32. The number of piperazine rings is 1. The summed E-state index contributed by atoms with van der Waals surface area (Å²) in [6.07, 6.45) is 0. The minimum absolute atomic E-state index is 0.0799. The maximum Gasteiger partial charge on any atom is 0.331 e. The summed E-state index contributed by atoms with van der Waals surface area (Å²) in [5.41, 5.74) is 7.61. The highest BCUT2D eigenvalue weighted by molar-refractivity contribution is 6.30. The maximum absolute atomic E-state index is 14.6. The number of hydrogen-bond acceptors (Lipinski definition) is 5. The monoisotopic (exact) mass is 579 g/mol. The molecule has 0 amide bonds. The van der Waals surface area contributed by atoms with Crippen molar-refractivity contribution in [1.82, 2.24) is 14.0 Å². The van der Waals surface area contributed by atoms with Crippen LogP contribution in [-0.4, -0.2) is 40.2 Å². The molecule has 1 aromatic heterocycles. The summed E-state index contributed by atoms with van der Waals surface area (Å²) < 4.78 is 31.7. The molecule has 1 atom stereocenters. The van der Waals surface area contributed by atoms with Gasteiger partial charge in [-0.15, -0.1) is 0 Å². The second-order valence-electron chi connectivity index (χ2n) is 10.3. The first-order valence-corrected chi connectivity index (χ1v) is 13.9. The van der Waals surface area contributed by atoms with E-state index in [1.54, 1.807) is 6.92 Å². The van der Waals surface area contributed by atoms with E-state index >= 15 is 0 Å². The first kappa shape index (κ1) is 28.7.